The maximum atomic E-state index is 12.0. The number of hydrogen-bond donors (Lipinski definition) is 2. The van der Waals surface area contributed by atoms with Crippen molar-refractivity contribution < 1.29 is 14.3 Å². The minimum absolute atomic E-state index is 0.130. The Kier molecular flexibility index (Phi) is 4.61. The highest BCUT2D eigenvalue weighted by molar-refractivity contribution is 6.02. The van der Waals surface area contributed by atoms with Crippen molar-refractivity contribution >= 4 is 29.3 Å². The molecule has 0 aromatic heterocycles. The van der Waals surface area contributed by atoms with Gasteiger partial charge in [-0.25, -0.2) is 0 Å². The van der Waals surface area contributed by atoms with Crippen molar-refractivity contribution in [3.05, 3.63) is 59.7 Å². The van der Waals surface area contributed by atoms with E-state index in [4.69, 9.17) is 4.74 Å². The van der Waals surface area contributed by atoms with Crippen LogP contribution in [0.2, 0.25) is 0 Å². The summed E-state index contributed by atoms with van der Waals surface area (Å²) in [5, 5.41) is 5.46. The summed E-state index contributed by atoms with van der Waals surface area (Å²) >= 11 is 0. The molecular weight excluding hydrogens is 304 g/mol. The fraction of sp³-hybridized carbons (Fsp3) is 0.158. The lowest BCUT2D eigenvalue weighted by Crippen LogP contribution is -2.08. The molecule has 1 heterocycles. The van der Waals surface area contributed by atoms with Crippen molar-refractivity contribution in [3.63, 3.8) is 0 Å². The van der Waals surface area contributed by atoms with Crippen LogP contribution in [0.15, 0.2) is 48.5 Å². The van der Waals surface area contributed by atoms with Crippen LogP contribution in [0.4, 0.5) is 11.4 Å². The quantitative estimate of drug-likeness (QED) is 0.849. The number of hydrogen-bond acceptors (Lipinski definition) is 3. The van der Waals surface area contributed by atoms with Gasteiger partial charge in [0.15, 0.2) is 0 Å². The van der Waals surface area contributed by atoms with Gasteiger partial charge in [0.05, 0.1) is 6.61 Å². The van der Waals surface area contributed by atoms with Gasteiger partial charge >= 0.3 is 0 Å². The molecule has 2 amide bonds. The summed E-state index contributed by atoms with van der Waals surface area (Å²) in [6.45, 7) is 2.17. The summed E-state index contributed by atoms with van der Waals surface area (Å²) in [5.41, 5.74) is 3.50. The second-order valence-electron chi connectivity index (χ2n) is 5.55. The van der Waals surface area contributed by atoms with Crippen LogP contribution in [0.5, 0.6) is 5.75 Å². The molecule has 2 aromatic carbocycles. The van der Waals surface area contributed by atoms with Gasteiger partial charge < -0.3 is 15.4 Å². The number of benzene rings is 2. The van der Waals surface area contributed by atoms with Crippen molar-refractivity contribution in [2.24, 2.45) is 0 Å². The maximum Gasteiger partial charge on any atom is 0.248 e. The first-order valence-electron chi connectivity index (χ1n) is 7.72. The third-order valence-corrected chi connectivity index (χ3v) is 3.61. The zero-order chi connectivity index (χ0) is 16.9. The van der Waals surface area contributed by atoms with Crippen LogP contribution in [-0.4, -0.2) is 18.4 Å². The van der Waals surface area contributed by atoms with Crippen molar-refractivity contribution in [1.29, 1.82) is 0 Å². The second kappa shape index (κ2) is 7.00. The summed E-state index contributed by atoms with van der Waals surface area (Å²) in [6, 6.07) is 12.8. The van der Waals surface area contributed by atoms with Crippen LogP contribution in [0, 0.1) is 0 Å². The van der Waals surface area contributed by atoms with E-state index in [2.05, 4.69) is 10.6 Å². The van der Waals surface area contributed by atoms with Crippen LogP contribution in [0.3, 0.4) is 0 Å². The molecule has 0 fully saturated rings. The minimum Gasteiger partial charge on any atom is -0.493 e. The monoisotopic (exact) mass is 322 g/mol. The van der Waals surface area contributed by atoms with Gasteiger partial charge in [0.25, 0.3) is 0 Å². The molecule has 0 spiro atoms. The predicted octanol–water partition coefficient (Wildman–Crippen LogP) is 3.23. The highest BCUT2D eigenvalue weighted by Crippen LogP contribution is 2.26. The van der Waals surface area contributed by atoms with Gasteiger partial charge in [-0.15, -0.1) is 0 Å². The van der Waals surface area contributed by atoms with E-state index in [0.29, 0.717) is 11.4 Å². The zero-order valence-electron chi connectivity index (χ0n) is 13.3. The van der Waals surface area contributed by atoms with E-state index in [9.17, 15) is 9.59 Å². The van der Waals surface area contributed by atoms with E-state index in [1.807, 2.05) is 18.2 Å². The van der Waals surface area contributed by atoms with Crippen molar-refractivity contribution in [3.8, 4) is 5.75 Å². The molecule has 122 valence electrons. The Balaban J connectivity index is 1.59. The van der Waals surface area contributed by atoms with Crippen molar-refractivity contribution in [2.75, 3.05) is 17.2 Å². The molecule has 3 rings (SSSR count). The lowest BCUT2D eigenvalue weighted by Gasteiger charge is -2.05. The number of nitrogens with one attached hydrogen (secondary N) is 2. The predicted molar refractivity (Wildman–Crippen MR) is 94.1 cm³/mol. The Labute approximate surface area is 140 Å². The number of amides is 2. The first-order valence-corrected chi connectivity index (χ1v) is 7.72. The summed E-state index contributed by atoms with van der Waals surface area (Å²) < 4.78 is 5.46. The molecule has 0 aliphatic carbocycles. The topological polar surface area (TPSA) is 67.4 Å². The molecule has 0 saturated heterocycles. The summed E-state index contributed by atoms with van der Waals surface area (Å²) in [5.74, 6) is 0.587. The fourth-order valence-electron chi connectivity index (χ4n) is 2.51. The van der Waals surface area contributed by atoms with Crippen LogP contribution < -0.4 is 15.4 Å². The first kappa shape index (κ1) is 15.8. The average molecular weight is 322 g/mol. The molecule has 2 N–H and O–H groups in total. The van der Waals surface area contributed by atoms with Gasteiger partial charge in [-0.2, -0.15) is 0 Å². The Morgan fingerprint density at radius 2 is 1.75 bits per heavy atom. The van der Waals surface area contributed by atoms with Gasteiger partial charge in [0.2, 0.25) is 11.8 Å². The van der Waals surface area contributed by atoms with E-state index >= 15 is 0 Å². The number of anilines is 2. The molecule has 0 saturated carbocycles. The first-order chi connectivity index (χ1) is 11.6. The fourth-order valence-corrected chi connectivity index (χ4v) is 2.51. The van der Waals surface area contributed by atoms with E-state index < -0.39 is 0 Å². The number of ether oxygens (including phenoxy) is 1. The maximum absolute atomic E-state index is 12.0. The van der Waals surface area contributed by atoms with E-state index in [1.54, 1.807) is 30.3 Å². The van der Waals surface area contributed by atoms with Gasteiger partial charge in [-0.1, -0.05) is 6.07 Å². The van der Waals surface area contributed by atoms with Crippen LogP contribution in [0.25, 0.3) is 6.08 Å². The Hall–Kier alpha value is -3.08. The van der Waals surface area contributed by atoms with Gasteiger partial charge in [0, 0.05) is 30.8 Å². The third kappa shape index (κ3) is 4.01. The van der Waals surface area contributed by atoms with E-state index in [0.717, 1.165) is 24.3 Å². The van der Waals surface area contributed by atoms with Crippen LogP contribution >= 0.6 is 0 Å². The molecule has 1 aliphatic rings. The Morgan fingerprint density at radius 1 is 1.04 bits per heavy atom. The molecule has 5 nitrogen and oxygen atoms in total. The lowest BCUT2D eigenvalue weighted by atomic mass is 10.1. The summed E-state index contributed by atoms with van der Waals surface area (Å²) in [4.78, 5) is 23.0. The highest BCUT2D eigenvalue weighted by atomic mass is 16.5. The molecule has 24 heavy (non-hydrogen) atoms. The molecule has 0 bridgehead atoms. The molecule has 0 radical (unpaired) electrons. The van der Waals surface area contributed by atoms with Crippen molar-refractivity contribution in [1.82, 2.24) is 0 Å². The molecule has 5 heteroatoms. The molecular formula is C19H18N2O3. The Bertz CT molecular complexity index is 795. The smallest absolute Gasteiger partial charge is 0.248 e. The number of fused-ring (bicyclic) bond motifs is 1. The molecule has 0 atom stereocenters. The number of rotatable bonds is 4. The Morgan fingerprint density at radius 3 is 2.46 bits per heavy atom. The standard InChI is InChI=1S/C19H18N2O3/c1-13(22)20-16-4-6-17(7-5-16)21-19(23)9-3-14-2-8-18-15(12-14)10-11-24-18/h2-9,12H,10-11H2,1H3,(H,20,22)(H,21,23)/b9-3+. The van der Waals surface area contributed by atoms with Gasteiger partial charge in [0.1, 0.15) is 5.75 Å². The molecule has 1 aliphatic heterocycles. The largest absolute Gasteiger partial charge is 0.493 e. The minimum atomic E-state index is -0.209. The molecule has 2 aromatic rings. The summed E-state index contributed by atoms with van der Waals surface area (Å²) in [7, 11) is 0. The summed E-state index contributed by atoms with van der Waals surface area (Å²) in [6.07, 6.45) is 4.18. The number of carbonyl (C=O) groups excluding carboxylic acids is 2. The van der Waals surface area contributed by atoms with Gasteiger partial charge in [-0.05, 0) is 53.6 Å². The zero-order valence-corrected chi connectivity index (χ0v) is 13.3. The lowest BCUT2D eigenvalue weighted by molar-refractivity contribution is -0.114. The number of carbonyl (C=O) groups is 2. The van der Waals surface area contributed by atoms with E-state index in [1.165, 1.54) is 18.6 Å². The molecule has 0 unspecified atom stereocenters. The SMILES string of the molecule is CC(=O)Nc1ccc(NC(=O)/C=C/c2ccc3c(c2)CCO3)cc1. The van der Waals surface area contributed by atoms with Crippen molar-refractivity contribution in [2.45, 2.75) is 13.3 Å². The van der Waals surface area contributed by atoms with Crippen LogP contribution in [0.1, 0.15) is 18.1 Å². The third-order valence-electron chi connectivity index (χ3n) is 3.61. The second-order valence-corrected chi connectivity index (χ2v) is 5.55. The van der Waals surface area contributed by atoms with E-state index in [-0.39, 0.29) is 11.8 Å². The average Bonchev–Trinajstić information content (AvgIpc) is 3.02. The van der Waals surface area contributed by atoms with Gasteiger partial charge in [-0.3, -0.25) is 9.59 Å². The van der Waals surface area contributed by atoms with Crippen LogP contribution in [-0.2, 0) is 16.0 Å². The highest BCUT2D eigenvalue weighted by Gasteiger charge is 2.11. The normalized spacial score (nSPS) is 12.5.